The minimum Gasteiger partial charge on any atom is -0.294 e. The third-order valence-corrected chi connectivity index (χ3v) is 7.27. The Hall–Kier alpha value is -3.73. The van der Waals surface area contributed by atoms with Crippen molar-refractivity contribution >= 4 is 23.4 Å². The molecule has 0 spiro atoms. The third-order valence-electron chi connectivity index (χ3n) is 7.27. The number of carbonyl (C=O) groups excluding carboxylic acids is 3. The van der Waals surface area contributed by atoms with Crippen LogP contribution in [0.3, 0.4) is 0 Å². The summed E-state index contributed by atoms with van der Waals surface area (Å²) in [6.45, 7) is 1.40. The highest BCUT2D eigenvalue weighted by atomic mass is 16.2. The Morgan fingerprint density at radius 2 is 1.12 bits per heavy atom. The minimum absolute atomic E-state index is 0.0594. The van der Waals surface area contributed by atoms with Gasteiger partial charge in [-0.25, -0.2) is 0 Å². The smallest absolute Gasteiger partial charge is 0.235 e. The van der Waals surface area contributed by atoms with E-state index in [1.807, 2.05) is 54.6 Å². The molecule has 3 aromatic carbocycles. The molecule has 1 fully saturated rings. The van der Waals surface area contributed by atoms with Crippen LogP contribution in [-0.4, -0.2) is 29.3 Å². The van der Waals surface area contributed by atoms with Gasteiger partial charge in [0.15, 0.2) is 0 Å². The van der Waals surface area contributed by atoms with Crippen molar-refractivity contribution in [2.45, 2.75) is 18.8 Å². The van der Waals surface area contributed by atoms with Crippen LogP contribution in [0.4, 0.5) is 5.69 Å². The zero-order valence-electron chi connectivity index (χ0n) is 17.6. The van der Waals surface area contributed by atoms with Crippen LogP contribution in [0.2, 0.25) is 0 Å². The molecule has 5 heteroatoms. The SMILES string of the molecule is CC(=O)N(CN1C(=O)C2C3c4ccccc4C(c4ccccc43)C2C1=O)c1ccccc1. The number of rotatable bonds is 3. The molecule has 0 saturated carbocycles. The number of hydrogen-bond acceptors (Lipinski definition) is 3. The Morgan fingerprint density at radius 3 is 1.53 bits per heavy atom. The van der Waals surface area contributed by atoms with Crippen molar-refractivity contribution in [1.82, 2.24) is 4.90 Å². The molecule has 3 aliphatic carbocycles. The van der Waals surface area contributed by atoms with Gasteiger partial charge in [-0.1, -0.05) is 66.7 Å². The lowest BCUT2D eigenvalue weighted by molar-refractivity contribution is -0.140. The van der Waals surface area contributed by atoms with Gasteiger partial charge in [0, 0.05) is 24.4 Å². The Kier molecular flexibility index (Phi) is 4.09. The van der Waals surface area contributed by atoms with Crippen molar-refractivity contribution in [3.63, 3.8) is 0 Å². The van der Waals surface area contributed by atoms with Gasteiger partial charge in [-0.3, -0.25) is 24.2 Å². The molecule has 1 aliphatic heterocycles. The van der Waals surface area contributed by atoms with E-state index in [1.54, 1.807) is 0 Å². The Balaban J connectivity index is 1.44. The summed E-state index contributed by atoms with van der Waals surface area (Å²) in [5.41, 5.74) is 5.25. The van der Waals surface area contributed by atoms with Crippen LogP contribution in [0, 0.1) is 11.8 Å². The number of amides is 3. The molecule has 3 amide bonds. The standard InChI is InChI=1S/C27H22N2O3/c1-16(30)28(17-9-3-2-4-10-17)15-29-26(31)24-22-18-11-5-6-12-19(18)23(25(24)27(29)32)21-14-8-7-13-20(21)22/h2-14,22-25H,15H2,1H3. The van der Waals surface area contributed by atoms with E-state index in [9.17, 15) is 14.4 Å². The fourth-order valence-corrected chi connectivity index (χ4v) is 5.99. The molecule has 0 N–H and O–H groups in total. The number of nitrogens with zero attached hydrogens (tertiary/aromatic N) is 2. The average molecular weight is 422 g/mol. The van der Waals surface area contributed by atoms with Gasteiger partial charge in [0.2, 0.25) is 17.7 Å². The van der Waals surface area contributed by atoms with Gasteiger partial charge in [0.25, 0.3) is 0 Å². The molecule has 1 saturated heterocycles. The molecule has 5 nitrogen and oxygen atoms in total. The Bertz CT molecular complexity index is 1150. The van der Waals surface area contributed by atoms with Crippen molar-refractivity contribution in [2.24, 2.45) is 11.8 Å². The number of likely N-dealkylation sites (tertiary alicyclic amines) is 1. The molecule has 158 valence electrons. The summed E-state index contributed by atoms with van der Waals surface area (Å²) < 4.78 is 0. The number of carbonyl (C=O) groups is 3. The Labute approximate surface area is 186 Å². The van der Waals surface area contributed by atoms with Gasteiger partial charge in [0.05, 0.1) is 11.8 Å². The van der Waals surface area contributed by atoms with Crippen LogP contribution in [0.15, 0.2) is 78.9 Å². The number of benzene rings is 3. The summed E-state index contributed by atoms with van der Waals surface area (Å²) in [5, 5.41) is 0. The molecule has 2 bridgehead atoms. The first-order valence-corrected chi connectivity index (χ1v) is 10.9. The van der Waals surface area contributed by atoms with Gasteiger partial charge < -0.3 is 0 Å². The van der Waals surface area contributed by atoms with Crippen LogP contribution >= 0.6 is 0 Å². The molecule has 32 heavy (non-hydrogen) atoms. The van der Waals surface area contributed by atoms with E-state index < -0.39 is 11.8 Å². The highest BCUT2D eigenvalue weighted by molar-refractivity contribution is 6.08. The largest absolute Gasteiger partial charge is 0.294 e. The van der Waals surface area contributed by atoms with Gasteiger partial charge in [-0.2, -0.15) is 0 Å². The van der Waals surface area contributed by atoms with E-state index in [4.69, 9.17) is 0 Å². The fourth-order valence-electron chi connectivity index (χ4n) is 5.99. The van der Waals surface area contributed by atoms with Crippen LogP contribution < -0.4 is 4.90 Å². The summed E-state index contributed by atoms with van der Waals surface area (Å²) >= 11 is 0. The van der Waals surface area contributed by atoms with E-state index in [0.29, 0.717) is 5.69 Å². The lowest BCUT2D eigenvalue weighted by Crippen LogP contribution is -2.44. The van der Waals surface area contributed by atoms with Crippen molar-refractivity contribution in [2.75, 3.05) is 11.6 Å². The van der Waals surface area contributed by atoms with E-state index in [-0.39, 0.29) is 36.2 Å². The van der Waals surface area contributed by atoms with E-state index in [0.717, 1.165) is 22.3 Å². The van der Waals surface area contributed by atoms with Crippen molar-refractivity contribution in [3.05, 3.63) is 101 Å². The summed E-state index contributed by atoms with van der Waals surface area (Å²) in [7, 11) is 0. The van der Waals surface area contributed by atoms with Gasteiger partial charge >= 0.3 is 0 Å². The predicted molar refractivity (Wildman–Crippen MR) is 120 cm³/mol. The first-order chi connectivity index (χ1) is 15.6. The predicted octanol–water partition coefficient (Wildman–Crippen LogP) is 3.89. The first-order valence-electron chi connectivity index (χ1n) is 10.9. The maximum atomic E-state index is 13.7. The van der Waals surface area contributed by atoms with Gasteiger partial charge in [0.1, 0.15) is 6.67 Å². The maximum Gasteiger partial charge on any atom is 0.235 e. The highest BCUT2D eigenvalue weighted by Gasteiger charge is 2.61. The quantitative estimate of drug-likeness (QED) is 0.602. The second-order valence-corrected chi connectivity index (χ2v) is 8.79. The summed E-state index contributed by atoms with van der Waals surface area (Å²) in [4.78, 5) is 42.7. The highest BCUT2D eigenvalue weighted by Crippen LogP contribution is 2.60. The molecule has 2 atom stereocenters. The Morgan fingerprint density at radius 1 is 0.719 bits per heavy atom. The van der Waals surface area contributed by atoms with Gasteiger partial charge in [-0.15, -0.1) is 0 Å². The normalized spacial score (nSPS) is 24.7. The van der Waals surface area contributed by atoms with E-state index in [1.165, 1.54) is 16.7 Å². The van der Waals surface area contributed by atoms with Crippen LogP contribution in [0.1, 0.15) is 41.0 Å². The topological polar surface area (TPSA) is 57.7 Å². The molecule has 0 aromatic heterocycles. The molecule has 1 heterocycles. The van der Waals surface area contributed by atoms with Crippen LogP contribution in [0.25, 0.3) is 0 Å². The summed E-state index contributed by atoms with van der Waals surface area (Å²) in [6.07, 6.45) is 0. The lowest BCUT2D eigenvalue weighted by Gasteiger charge is -2.45. The molecule has 4 aliphatic rings. The second kappa shape index (κ2) is 6.89. The summed E-state index contributed by atoms with van der Waals surface area (Å²) in [6, 6.07) is 25.5. The monoisotopic (exact) mass is 422 g/mol. The second-order valence-electron chi connectivity index (χ2n) is 8.79. The van der Waals surface area contributed by atoms with Crippen molar-refractivity contribution in [3.8, 4) is 0 Å². The molecule has 3 aromatic rings. The molecule has 7 rings (SSSR count). The third kappa shape index (κ3) is 2.48. The molecule has 0 radical (unpaired) electrons. The van der Waals surface area contributed by atoms with Crippen molar-refractivity contribution in [1.29, 1.82) is 0 Å². The maximum absolute atomic E-state index is 13.7. The molecular weight excluding hydrogens is 400 g/mol. The number of imide groups is 1. The molecular formula is C27H22N2O3. The van der Waals surface area contributed by atoms with Gasteiger partial charge in [-0.05, 0) is 34.4 Å². The van der Waals surface area contributed by atoms with Crippen molar-refractivity contribution < 1.29 is 14.4 Å². The average Bonchev–Trinajstić information content (AvgIpc) is 3.08. The number of anilines is 1. The summed E-state index contributed by atoms with van der Waals surface area (Å²) in [5.74, 6) is -1.70. The minimum atomic E-state index is -0.429. The lowest BCUT2D eigenvalue weighted by atomic mass is 9.55. The van der Waals surface area contributed by atoms with E-state index in [2.05, 4.69) is 24.3 Å². The first kappa shape index (κ1) is 19.0. The number of hydrogen-bond donors (Lipinski definition) is 0. The molecule has 2 unspecified atom stereocenters. The zero-order valence-corrected chi connectivity index (χ0v) is 17.6. The van der Waals surface area contributed by atoms with Crippen LogP contribution in [-0.2, 0) is 14.4 Å². The fraction of sp³-hybridized carbons (Fsp3) is 0.222. The number of para-hydroxylation sites is 1. The van der Waals surface area contributed by atoms with Crippen LogP contribution in [0.5, 0.6) is 0 Å². The van der Waals surface area contributed by atoms with E-state index >= 15 is 0 Å². The zero-order chi connectivity index (χ0) is 22.0.